The Hall–Kier alpha value is -1.12. The molecular weight excluding hydrogens is 244 g/mol. The quantitative estimate of drug-likeness (QED) is 0.757. The number of nitrogens with two attached hydrogens (primary N) is 1. The molecule has 98 valence electrons. The van der Waals surface area contributed by atoms with Crippen LogP contribution < -0.4 is 5.73 Å². The summed E-state index contributed by atoms with van der Waals surface area (Å²) in [7, 11) is -0.436. The van der Waals surface area contributed by atoms with E-state index >= 15 is 0 Å². The molecule has 0 aromatic carbocycles. The van der Waals surface area contributed by atoms with Gasteiger partial charge in [0.2, 0.25) is 10.0 Å². The maximum atomic E-state index is 12.2. The molecule has 0 bridgehead atoms. The fourth-order valence-corrected chi connectivity index (χ4v) is 2.99. The summed E-state index contributed by atoms with van der Waals surface area (Å²) in [5, 5.41) is 3.83. The van der Waals surface area contributed by atoms with Crippen molar-refractivity contribution in [2.45, 2.75) is 11.8 Å². The summed E-state index contributed by atoms with van der Waals surface area (Å²) in [6, 6.07) is 0. The molecule has 0 aliphatic carbocycles. The Balaban J connectivity index is 3.04. The van der Waals surface area contributed by atoms with E-state index in [2.05, 4.69) is 5.10 Å². The minimum atomic E-state index is -3.59. The first-order chi connectivity index (χ1) is 7.93. The Kier molecular flexibility index (Phi) is 4.49. The third kappa shape index (κ3) is 2.96. The number of hydrogen-bond acceptors (Lipinski definition) is 5. The van der Waals surface area contributed by atoms with Gasteiger partial charge in [0.15, 0.2) is 5.82 Å². The Labute approximate surface area is 101 Å². The second-order valence-electron chi connectivity index (χ2n) is 3.54. The topological polar surface area (TPSA) is 90.5 Å². The van der Waals surface area contributed by atoms with E-state index in [0.29, 0.717) is 19.7 Å². The Morgan fingerprint density at radius 1 is 1.59 bits per heavy atom. The first kappa shape index (κ1) is 13.9. The standard InChI is InChI=1S/C9H18N4O3S/c1-4-13(5-6-16-3)17(14,15)8-7-12(2)11-9(8)10/h7H,4-6H2,1-3H3,(H2,10,11). The van der Waals surface area contributed by atoms with E-state index in [1.165, 1.54) is 22.3 Å². The molecule has 1 rings (SSSR count). The number of likely N-dealkylation sites (N-methyl/N-ethyl adjacent to an activating group) is 1. The minimum absolute atomic E-state index is 0.0170. The monoisotopic (exact) mass is 262 g/mol. The summed E-state index contributed by atoms with van der Waals surface area (Å²) in [6.07, 6.45) is 1.40. The molecule has 0 unspecified atom stereocenters. The largest absolute Gasteiger partial charge is 0.383 e. The van der Waals surface area contributed by atoms with Crippen molar-refractivity contribution in [1.82, 2.24) is 14.1 Å². The molecule has 0 amide bonds. The highest BCUT2D eigenvalue weighted by molar-refractivity contribution is 7.89. The molecule has 1 heterocycles. The third-order valence-corrected chi connectivity index (χ3v) is 4.33. The lowest BCUT2D eigenvalue weighted by molar-refractivity contribution is 0.180. The van der Waals surface area contributed by atoms with Crippen LogP contribution in [0.2, 0.25) is 0 Å². The number of aromatic nitrogens is 2. The van der Waals surface area contributed by atoms with Gasteiger partial charge in [0.1, 0.15) is 4.90 Å². The second-order valence-corrected chi connectivity index (χ2v) is 5.45. The highest BCUT2D eigenvalue weighted by Gasteiger charge is 2.27. The van der Waals surface area contributed by atoms with Gasteiger partial charge in [-0.2, -0.15) is 9.40 Å². The van der Waals surface area contributed by atoms with Crippen LogP contribution in [-0.2, 0) is 21.8 Å². The van der Waals surface area contributed by atoms with Gasteiger partial charge in [-0.1, -0.05) is 6.92 Å². The van der Waals surface area contributed by atoms with E-state index in [0.717, 1.165) is 0 Å². The van der Waals surface area contributed by atoms with Gasteiger partial charge < -0.3 is 10.5 Å². The number of aryl methyl sites for hydroxylation is 1. The number of hydrogen-bond donors (Lipinski definition) is 1. The molecule has 0 aliphatic heterocycles. The number of sulfonamides is 1. The van der Waals surface area contributed by atoms with Crippen molar-refractivity contribution in [2.75, 3.05) is 32.5 Å². The van der Waals surface area contributed by atoms with Crippen molar-refractivity contribution in [1.29, 1.82) is 0 Å². The van der Waals surface area contributed by atoms with E-state index in [4.69, 9.17) is 10.5 Å². The van der Waals surface area contributed by atoms with Gasteiger partial charge in [-0.05, 0) is 0 Å². The molecule has 7 nitrogen and oxygen atoms in total. The summed E-state index contributed by atoms with van der Waals surface area (Å²) in [6.45, 7) is 2.76. The van der Waals surface area contributed by atoms with Gasteiger partial charge in [-0.25, -0.2) is 8.42 Å². The number of rotatable bonds is 6. The fraction of sp³-hybridized carbons (Fsp3) is 0.667. The lowest BCUT2D eigenvalue weighted by Gasteiger charge is -2.19. The smallest absolute Gasteiger partial charge is 0.248 e. The first-order valence-electron chi connectivity index (χ1n) is 5.21. The van der Waals surface area contributed by atoms with Gasteiger partial charge in [-0.3, -0.25) is 4.68 Å². The molecule has 0 aliphatic rings. The van der Waals surface area contributed by atoms with Crippen LogP contribution in [0.15, 0.2) is 11.1 Å². The van der Waals surface area contributed by atoms with E-state index in [1.807, 2.05) is 0 Å². The zero-order valence-electron chi connectivity index (χ0n) is 10.3. The SMILES string of the molecule is CCN(CCOC)S(=O)(=O)c1cn(C)nc1N. The number of methoxy groups -OCH3 is 1. The molecule has 1 aromatic rings. The lowest BCUT2D eigenvalue weighted by Crippen LogP contribution is -2.33. The predicted octanol–water partition coefficient (Wildman–Crippen LogP) is -0.341. The molecule has 2 N–H and O–H groups in total. The number of ether oxygens (including phenoxy) is 1. The molecular formula is C9H18N4O3S. The molecule has 1 aromatic heterocycles. The van der Waals surface area contributed by atoms with Crippen LogP contribution in [0.3, 0.4) is 0 Å². The number of nitrogen functional groups attached to an aromatic ring is 1. The predicted molar refractivity (Wildman–Crippen MR) is 63.9 cm³/mol. The molecule has 0 atom stereocenters. The van der Waals surface area contributed by atoms with Crippen molar-refractivity contribution in [3.63, 3.8) is 0 Å². The van der Waals surface area contributed by atoms with Crippen LogP contribution in [0.1, 0.15) is 6.92 Å². The molecule has 0 fully saturated rings. The highest BCUT2D eigenvalue weighted by Crippen LogP contribution is 2.20. The number of anilines is 1. The van der Waals surface area contributed by atoms with Crippen LogP contribution in [0, 0.1) is 0 Å². The maximum absolute atomic E-state index is 12.2. The van der Waals surface area contributed by atoms with E-state index < -0.39 is 10.0 Å². The number of nitrogens with zero attached hydrogens (tertiary/aromatic N) is 3. The molecule has 0 radical (unpaired) electrons. The summed E-state index contributed by atoms with van der Waals surface area (Å²) in [5.74, 6) is 0.0170. The minimum Gasteiger partial charge on any atom is -0.383 e. The lowest BCUT2D eigenvalue weighted by atomic mass is 10.6. The van der Waals surface area contributed by atoms with Crippen molar-refractivity contribution in [3.8, 4) is 0 Å². The van der Waals surface area contributed by atoms with Gasteiger partial charge in [0, 0.05) is 33.4 Å². The Morgan fingerprint density at radius 2 is 2.24 bits per heavy atom. The molecule has 0 spiro atoms. The van der Waals surface area contributed by atoms with Crippen molar-refractivity contribution in [2.24, 2.45) is 7.05 Å². The van der Waals surface area contributed by atoms with Crippen molar-refractivity contribution < 1.29 is 13.2 Å². The van der Waals surface area contributed by atoms with Gasteiger partial charge in [0.05, 0.1) is 6.61 Å². The summed E-state index contributed by atoms with van der Waals surface area (Å²) in [4.78, 5) is 0.0398. The van der Waals surface area contributed by atoms with Gasteiger partial charge >= 0.3 is 0 Å². The van der Waals surface area contributed by atoms with Crippen LogP contribution >= 0.6 is 0 Å². The Morgan fingerprint density at radius 3 is 2.65 bits per heavy atom. The van der Waals surface area contributed by atoms with E-state index in [1.54, 1.807) is 14.0 Å². The fourth-order valence-electron chi connectivity index (χ4n) is 1.46. The third-order valence-electron chi connectivity index (χ3n) is 2.34. The molecule has 17 heavy (non-hydrogen) atoms. The highest BCUT2D eigenvalue weighted by atomic mass is 32.2. The average molecular weight is 262 g/mol. The van der Waals surface area contributed by atoms with Crippen LogP contribution in [-0.4, -0.2) is 49.3 Å². The molecule has 0 saturated carbocycles. The van der Waals surface area contributed by atoms with Crippen molar-refractivity contribution >= 4 is 15.8 Å². The van der Waals surface area contributed by atoms with E-state index in [9.17, 15) is 8.42 Å². The first-order valence-corrected chi connectivity index (χ1v) is 6.65. The zero-order chi connectivity index (χ0) is 13.1. The summed E-state index contributed by atoms with van der Waals surface area (Å²) >= 11 is 0. The Bertz CT molecular complexity index is 469. The second kappa shape index (κ2) is 5.48. The van der Waals surface area contributed by atoms with Gasteiger partial charge in [-0.15, -0.1) is 0 Å². The maximum Gasteiger partial charge on any atom is 0.248 e. The molecule has 8 heteroatoms. The van der Waals surface area contributed by atoms with Crippen LogP contribution in [0.25, 0.3) is 0 Å². The van der Waals surface area contributed by atoms with E-state index in [-0.39, 0.29) is 10.7 Å². The normalized spacial score (nSPS) is 12.2. The summed E-state index contributed by atoms with van der Waals surface area (Å²) in [5.41, 5.74) is 5.58. The van der Waals surface area contributed by atoms with Crippen molar-refractivity contribution in [3.05, 3.63) is 6.20 Å². The zero-order valence-corrected chi connectivity index (χ0v) is 11.1. The molecule has 0 saturated heterocycles. The van der Waals surface area contributed by atoms with Gasteiger partial charge in [0.25, 0.3) is 0 Å². The summed E-state index contributed by atoms with van der Waals surface area (Å²) < 4.78 is 32.1. The van der Waals surface area contributed by atoms with Crippen LogP contribution in [0.5, 0.6) is 0 Å². The van der Waals surface area contributed by atoms with Crippen LogP contribution in [0.4, 0.5) is 5.82 Å². The average Bonchev–Trinajstić information content (AvgIpc) is 2.59.